The van der Waals surface area contributed by atoms with E-state index in [1.54, 1.807) is 11.3 Å². The first-order valence-corrected chi connectivity index (χ1v) is 6.94. The number of imidazole rings is 1. The van der Waals surface area contributed by atoms with Gasteiger partial charge in [0.2, 0.25) is 0 Å². The second-order valence-corrected chi connectivity index (χ2v) is 5.06. The first-order valence-electron chi connectivity index (χ1n) is 6.94. The minimum atomic E-state index is -1.02. The van der Waals surface area contributed by atoms with Crippen LogP contribution in [0.3, 0.4) is 0 Å². The van der Waals surface area contributed by atoms with Gasteiger partial charge in [-0.3, -0.25) is 9.20 Å². The summed E-state index contributed by atoms with van der Waals surface area (Å²) >= 11 is 0. The van der Waals surface area contributed by atoms with E-state index in [9.17, 15) is 9.59 Å². The van der Waals surface area contributed by atoms with Crippen LogP contribution < -0.4 is 5.32 Å². The van der Waals surface area contributed by atoms with Crippen molar-refractivity contribution in [3.05, 3.63) is 35.3 Å². The molecule has 0 radical (unpaired) electrons. The standard InChI is InChI=1S/C15H19N3O3/c1-4-6-11(15(20)21)17-14(19)13-10(3)16-12-8-5-7-9(2)18(12)13/h5,7-8,11H,4,6H2,1-3H3,(H,17,19)(H,20,21). The predicted molar refractivity (Wildman–Crippen MR) is 78.5 cm³/mol. The molecule has 1 atom stereocenters. The molecule has 0 bridgehead atoms. The number of carboxylic acids is 1. The molecule has 2 rings (SSSR count). The van der Waals surface area contributed by atoms with Gasteiger partial charge in [-0.2, -0.15) is 0 Å². The Labute approximate surface area is 122 Å². The number of aromatic nitrogens is 2. The number of carbonyl (C=O) groups excluding carboxylic acids is 1. The average Bonchev–Trinajstić information content (AvgIpc) is 2.75. The highest BCUT2D eigenvalue weighted by molar-refractivity contribution is 5.97. The third kappa shape index (κ3) is 2.89. The Balaban J connectivity index is 2.39. The second-order valence-electron chi connectivity index (χ2n) is 5.06. The Bertz CT molecular complexity index is 691. The summed E-state index contributed by atoms with van der Waals surface area (Å²) in [6.07, 6.45) is 1.08. The lowest BCUT2D eigenvalue weighted by atomic mass is 10.1. The Hall–Kier alpha value is -2.37. The molecule has 1 amide bonds. The summed E-state index contributed by atoms with van der Waals surface area (Å²) < 4.78 is 1.75. The van der Waals surface area contributed by atoms with Gasteiger partial charge in [0.05, 0.1) is 5.69 Å². The zero-order chi connectivity index (χ0) is 15.6. The largest absolute Gasteiger partial charge is 0.480 e. The molecule has 0 fully saturated rings. The first kappa shape index (κ1) is 15.0. The maximum absolute atomic E-state index is 12.4. The van der Waals surface area contributed by atoms with Crippen molar-refractivity contribution in [3.63, 3.8) is 0 Å². The zero-order valence-corrected chi connectivity index (χ0v) is 12.4. The van der Waals surface area contributed by atoms with Crippen LogP contribution >= 0.6 is 0 Å². The average molecular weight is 289 g/mol. The Morgan fingerprint density at radius 3 is 2.71 bits per heavy atom. The third-order valence-corrected chi connectivity index (χ3v) is 3.41. The van der Waals surface area contributed by atoms with E-state index in [1.807, 2.05) is 32.0 Å². The fourth-order valence-electron chi connectivity index (χ4n) is 2.41. The van der Waals surface area contributed by atoms with Gasteiger partial charge in [0.15, 0.2) is 0 Å². The number of pyridine rings is 1. The van der Waals surface area contributed by atoms with Gasteiger partial charge in [-0.1, -0.05) is 19.4 Å². The van der Waals surface area contributed by atoms with Gasteiger partial charge in [0.25, 0.3) is 5.91 Å². The van der Waals surface area contributed by atoms with Gasteiger partial charge in [0.1, 0.15) is 17.4 Å². The van der Waals surface area contributed by atoms with Crippen LogP contribution in [-0.2, 0) is 4.79 Å². The quantitative estimate of drug-likeness (QED) is 0.881. The minimum absolute atomic E-state index is 0.394. The summed E-state index contributed by atoms with van der Waals surface area (Å²) in [6.45, 7) is 5.51. The maximum Gasteiger partial charge on any atom is 0.326 e. The molecule has 2 aromatic heterocycles. The molecule has 112 valence electrons. The van der Waals surface area contributed by atoms with E-state index in [2.05, 4.69) is 10.3 Å². The number of carboxylic acid groups (broad SMARTS) is 1. The van der Waals surface area contributed by atoms with E-state index in [0.29, 0.717) is 29.9 Å². The molecule has 2 N–H and O–H groups in total. The van der Waals surface area contributed by atoms with E-state index >= 15 is 0 Å². The van der Waals surface area contributed by atoms with Crippen molar-refractivity contribution in [2.75, 3.05) is 0 Å². The number of hydrogen-bond donors (Lipinski definition) is 2. The van der Waals surface area contributed by atoms with Gasteiger partial charge in [-0.15, -0.1) is 0 Å². The van der Waals surface area contributed by atoms with Crippen molar-refractivity contribution in [3.8, 4) is 0 Å². The lowest BCUT2D eigenvalue weighted by Gasteiger charge is -2.14. The molecule has 0 aliphatic carbocycles. The van der Waals surface area contributed by atoms with Crippen LogP contribution in [-0.4, -0.2) is 32.4 Å². The smallest absolute Gasteiger partial charge is 0.326 e. The van der Waals surface area contributed by atoms with E-state index in [1.165, 1.54) is 0 Å². The van der Waals surface area contributed by atoms with Crippen molar-refractivity contribution in [2.45, 2.75) is 39.7 Å². The maximum atomic E-state index is 12.4. The van der Waals surface area contributed by atoms with Crippen molar-refractivity contribution in [2.24, 2.45) is 0 Å². The molecule has 6 heteroatoms. The summed E-state index contributed by atoms with van der Waals surface area (Å²) in [5.41, 5.74) is 2.54. The number of nitrogens with one attached hydrogen (secondary N) is 1. The topological polar surface area (TPSA) is 83.7 Å². The lowest BCUT2D eigenvalue weighted by Crippen LogP contribution is -2.41. The minimum Gasteiger partial charge on any atom is -0.480 e. The van der Waals surface area contributed by atoms with Crippen LogP contribution in [0.15, 0.2) is 18.2 Å². The highest BCUT2D eigenvalue weighted by atomic mass is 16.4. The molecule has 2 heterocycles. The number of carbonyl (C=O) groups is 2. The number of aliphatic carboxylic acids is 1. The second kappa shape index (κ2) is 5.95. The van der Waals surface area contributed by atoms with E-state index in [0.717, 1.165) is 5.69 Å². The number of nitrogens with zero attached hydrogens (tertiary/aromatic N) is 2. The molecule has 21 heavy (non-hydrogen) atoms. The van der Waals surface area contributed by atoms with Gasteiger partial charge in [-0.25, -0.2) is 9.78 Å². The summed E-state index contributed by atoms with van der Waals surface area (Å²) in [5, 5.41) is 11.7. The molecule has 6 nitrogen and oxygen atoms in total. The van der Waals surface area contributed by atoms with Crippen LogP contribution in [0, 0.1) is 13.8 Å². The third-order valence-electron chi connectivity index (χ3n) is 3.41. The number of aryl methyl sites for hydroxylation is 2. The van der Waals surface area contributed by atoms with Crippen LogP contribution in [0.2, 0.25) is 0 Å². The van der Waals surface area contributed by atoms with Crippen LogP contribution in [0.5, 0.6) is 0 Å². The molecule has 2 aromatic rings. The van der Waals surface area contributed by atoms with Gasteiger partial charge in [0, 0.05) is 5.69 Å². The summed E-state index contributed by atoms with van der Waals surface area (Å²) in [7, 11) is 0. The van der Waals surface area contributed by atoms with Crippen LogP contribution in [0.1, 0.15) is 41.6 Å². The van der Waals surface area contributed by atoms with Gasteiger partial charge >= 0.3 is 5.97 Å². The number of hydrogen-bond acceptors (Lipinski definition) is 3. The number of rotatable bonds is 5. The molecule has 0 saturated heterocycles. The summed E-state index contributed by atoms with van der Waals surface area (Å²) in [4.78, 5) is 28.0. The normalized spacial score (nSPS) is 12.3. The highest BCUT2D eigenvalue weighted by Crippen LogP contribution is 2.15. The molecular formula is C15H19N3O3. The SMILES string of the molecule is CCCC(NC(=O)c1c(C)nc2cccc(C)n12)C(=O)O. The van der Waals surface area contributed by atoms with Gasteiger partial charge < -0.3 is 10.4 Å². The zero-order valence-electron chi connectivity index (χ0n) is 12.4. The highest BCUT2D eigenvalue weighted by Gasteiger charge is 2.23. The van der Waals surface area contributed by atoms with E-state index in [-0.39, 0.29) is 0 Å². The number of fused-ring (bicyclic) bond motifs is 1. The Kier molecular flexibility index (Phi) is 4.26. The predicted octanol–water partition coefficient (Wildman–Crippen LogP) is 1.93. The van der Waals surface area contributed by atoms with Crippen LogP contribution in [0.25, 0.3) is 5.65 Å². The molecule has 0 aliphatic rings. The monoisotopic (exact) mass is 289 g/mol. The van der Waals surface area contributed by atoms with E-state index < -0.39 is 17.9 Å². The van der Waals surface area contributed by atoms with Crippen LogP contribution in [0.4, 0.5) is 0 Å². The fraction of sp³-hybridized carbons (Fsp3) is 0.400. The van der Waals surface area contributed by atoms with Crippen molar-refractivity contribution >= 4 is 17.5 Å². The molecule has 0 aliphatic heterocycles. The Morgan fingerprint density at radius 2 is 2.10 bits per heavy atom. The van der Waals surface area contributed by atoms with Gasteiger partial charge in [-0.05, 0) is 32.4 Å². The molecule has 0 spiro atoms. The van der Waals surface area contributed by atoms with Crippen molar-refractivity contribution in [1.82, 2.24) is 14.7 Å². The van der Waals surface area contributed by atoms with Crippen molar-refractivity contribution in [1.29, 1.82) is 0 Å². The first-order chi connectivity index (χ1) is 9.95. The fourth-order valence-corrected chi connectivity index (χ4v) is 2.41. The van der Waals surface area contributed by atoms with Crippen molar-refractivity contribution < 1.29 is 14.7 Å². The molecule has 0 saturated carbocycles. The lowest BCUT2D eigenvalue weighted by molar-refractivity contribution is -0.139. The summed E-state index contributed by atoms with van der Waals surface area (Å²) in [5.74, 6) is -1.43. The molecular weight excluding hydrogens is 270 g/mol. The summed E-state index contributed by atoms with van der Waals surface area (Å²) in [6, 6.07) is 4.69. The molecule has 0 aromatic carbocycles. The number of amides is 1. The Morgan fingerprint density at radius 1 is 1.38 bits per heavy atom. The molecule has 1 unspecified atom stereocenters. The van der Waals surface area contributed by atoms with E-state index in [4.69, 9.17) is 5.11 Å².